The van der Waals surface area contributed by atoms with Crippen LogP contribution in [0.5, 0.6) is 0 Å². The van der Waals surface area contributed by atoms with Crippen molar-refractivity contribution in [2.75, 3.05) is 13.1 Å². The Morgan fingerprint density at radius 3 is 1.91 bits per heavy atom. The normalized spacial score (nSPS) is 14.6. The number of halogens is 6. The Hall–Kier alpha value is -4.48. The minimum absolute atomic E-state index is 0.350. The number of nitrogens with zero attached hydrogens (tertiary/aromatic N) is 8. The molecule has 0 unspecified atom stereocenters. The molecule has 246 valence electrons. The van der Waals surface area contributed by atoms with Crippen molar-refractivity contribution < 1.29 is 46.1 Å². The Labute approximate surface area is 252 Å². The van der Waals surface area contributed by atoms with E-state index in [1.165, 1.54) is 11.3 Å². The third-order valence-corrected chi connectivity index (χ3v) is 6.77. The van der Waals surface area contributed by atoms with Gasteiger partial charge < -0.3 is 14.8 Å². The average molecular weight is 647 g/mol. The highest BCUT2D eigenvalue weighted by atomic mass is 19.4. The van der Waals surface area contributed by atoms with Crippen molar-refractivity contribution in [3.8, 4) is 11.3 Å². The molecule has 1 fully saturated rings. The van der Waals surface area contributed by atoms with E-state index in [0.29, 0.717) is 12.0 Å². The standard InChI is InChI=1S/C23H30N8.2C2HF3O2/c1-16(2)31-15-24-23-21(31)9-20(27-22(23)19-11-26-29(4)14-19)18-5-7-30(8-6-18)13-17-10-25-28(3)12-17;2*3-2(4,5)1(6)7/h9-12,14-16,18H,5-8,13H2,1-4H3;2*(H,6,7). The van der Waals surface area contributed by atoms with Gasteiger partial charge in [0.1, 0.15) is 11.2 Å². The zero-order valence-electron chi connectivity index (χ0n) is 24.7. The van der Waals surface area contributed by atoms with Crippen LogP contribution in [-0.4, -0.2) is 86.6 Å². The number of hydrogen-bond acceptors (Lipinski definition) is 7. The molecule has 0 radical (unpaired) electrons. The van der Waals surface area contributed by atoms with E-state index in [-0.39, 0.29) is 0 Å². The lowest BCUT2D eigenvalue weighted by Gasteiger charge is -2.31. The lowest BCUT2D eigenvalue weighted by molar-refractivity contribution is -0.193. The van der Waals surface area contributed by atoms with Crippen LogP contribution < -0.4 is 0 Å². The first-order valence-corrected chi connectivity index (χ1v) is 13.5. The predicted molar refractivity (Wildman–Crippen MR) is 148 cm³/mol. The SMILES string of the molecule is CC(C)n1cnc2c(-c3cnn(C)c3)nc(C3CCN(Cc4cnn(C)c4)CC3)cc21.O=C(O)C(F)(F)F.O=C(O)C(F)(F)F. The topological polar surface area (TPSA) is 144 Å². The summed E-state index contributed by atoms with van der Waals surface area (Å²) in [6.45, 7) is 7.51. The fourth-order valence-electron chi connectivity index (χ4n) is 4.61. The van der Waals surface area contributed by atoms with Crippen LogP contribution in [0.2, 0.25) is 0 Å². The van der Waals surface area contributed by atoms with Crippen molar-refractivity contribution in [2.45, 2.75) is 57.5 Å². The van der Waals surface area contributed by atoms with Gasteiger partial charge in [0, 0.05) is 61.8 Å². The van der Waals surface area contributed by atoms with E-state index in [9.17, 15) is 26.3 Å². The number of aromatic nitrogens is 7. The largest absolute Gasteiger partial charge is 0.490 e. The van der Waals surface area contributed by atoms with Gasteiger partial charge in [-0.05, 0) is 45.8 Å². The number of alkyl halides is 6. The summed E-state index contributed by atoms with van der Waals surface area (Å²) in [7, 11) is 3.91. The number of carbonyl (C=O) groups is 2. The number of aryl methyl sites for hydroxylation is 2. The predicted octanol–water partition coefficient (Wildman–Crippen LogP) is 4.79. The number of rotatable bonds is 5. The van der Waals surface area contributed by atoms with E-state index < -0.39 is 24.3 Å². The second-order valence-electron chi connectivity index (χ2n) is 10.6. The first-order chi connectivity index (χ1) is 20.9. The molecule has 2 N–H and O–H groups in total. The van der Waals surface area contributed by atoms with Crippen molar-refractivity contribution in [3.63, 3.8) is 0 Å². The molecule has 0 aromatic carbocycles. The highest BCUT2D eigenvalue weighted by molar-refractivity contribution is 5.90. The summed E-state index contributed by atoms with van der Waals surface area (Å²) in [6.07, 6.45) is 1.98. The molecule has 12 nitrogen and oxygen atoms in total. The van der Waals surface area contributed by atoms with Crippen LogP contribution in [0.25, 0.3) is 22.3 Å². The number of fused-ring (bicyclic) bond motifs is 1. The molecule has 0 bridgehead atoms. The Morgan fingerprint density at radius 1 is 0.933 bits per heavy atom. The summed E-state index contributed by atoms with van der Waals surface area (Å²) in [5.41, 5.74) is 6.54. The third-order valence-electron chi connectivity index (χ3n) is 6.77. The van der Waals surface area contributed by atoms with Gasteiger partial charge in [-0.2, -0.15) is 36.5 Å². The number of imidazole rings is 1. The van der Waals surface area contributed by atoms with Gasteiger partial charge in [0.05, 0.1) is 24.2 Å². The Kier molecular flexibility index (Phi) is 11.0. The fourth-order valence-corrected chi connectivity index (χ4v) is 4.61. The molecule has 5 heterocycles. The molecule has 4 aromatic rings. The Balaban J connectivity index is 0.000000331. The molecule has 0 aliphatic carbocycles. The van der Waals surface area contributed by atoms with Crippen molar-refractivity contribution in [3.05, 3.63) is 48.4 Å². The van der Waals surface area contributed by atoms with Crippen molar-refractivity contribution in [2.24, 2.45) is 14.1 Å². The lowest BCUT2D eigenvalue weighted by Crippen LogP contribution is -2.32. The third kappa shape index (κ3) is 9.50. The second-order valence-corrected chi connectivity index (χ2v) is 10.6. The summed E-state index contributed by atoms with van der Waals surface area (Å²) in [5, 5.41) is 22.9. The summed E-state index contributed by atoms with van der Waals surface area (Å²) < 4.78 is 69.4. The minimum Gasteiger partial charge on any atom is -0.475 e. The minimum atomic E-state index is -5.08. The number of hydrogen-bond donors (Lipinski definition) is 2. The van der Waals surface area contributed by atoms with Gasteiger partial charge in [0.15, 0.2) is 0 Å². The van der Waals surface area contributed by atoms with E-state index in [1.807, 2.05) is 48.4 Å². The first kappa shape index (κ1) is 35.0. The van der Waals surface area contributed by atoms with Gasteiger partial charge in [-0.15, -0.1) is 0 Å². The number of pyridine rings is 1. The van der Waals surface area contributed by atoms with Crippen molar-refractivity contribution in [1.29, 1.82) is 0 Å². The van der Waals surface area contributed by atoms with Crippen LogP contribution in [0.15, 0.2) is 37.2 Å². The highest BCUT2D eigenvalue weighted by Gasteiger charge is 2.39. The molecule has 0 spiro atoms. The summed E-state index contributed by atoms with van der Waals surface area (Å²) in [4.78, 5) is 30.2. The molecule has 1 aliphatic heterocycles. The summed E-state index contributed by atoms with van der Waals surface area (Å²) in [5.74, 6) is -5.06. The maximum absolute atomic E-state index is 10.6. The number of carboxylic acids is 2. The molecular formula is C27H32F6N8O4. The summed E-state index contributed by atoms with van der Waals surface area (Å²) in [6, 6.07) is 2.62. The Morgan fingerprint density at radius 2 is 1.47 bits per heavy atom. The Bertz CT molecular complexity index is 1580. The molecule has 45 heavy (non-hydrogen) atoms. The van der Waals surface area contributed by atoms with Crippen LogP contribution in [0.4, 0.5) is 26.3 Å². The molecule has 1 aliphatic rings. The van der Waals surface area contributed by atoms with Crippen LogP contribution in [0.1, 0.15) is 49.9 Å². The van der Waals surface area contributed by atoms with E-state index in [2.05, 4.69) is 45.8 Å². The second kappa shape index (κ2) is 14.1. The molecule has 0 amide bonds. The lowest BCUT2D eigenvalue weighted by atomic mass is 9.92. The van der Waals surface area contributed by atoms with Crippen molar-refractivity contribution >= 4 is 23.0 Å². The van der Waals surface area contributed by atoms with Crippen LogP contribution >= 0.6 is 0 Å². The van der Waals surface area contributed by atoms with Gasteiger partial charge in [-0.25, -0.2) is 19.6 Å². The number of carboxylic acid groups (broad SMARTS) is 2. The maximum atomic E-state index is 10.6. The van der Waals surface area contributed by atoms with Gasteiger partial charge >= 0.3 is 24.3 Å². The van der Waals surface area contributed by atoms with Crippen LogP contribution in [0.3, 0.4) is 0 Å². The quantitative estimate of drug-likeness (QED) is 0.293. The van der Waals surface area contributed by atoms with E-state index >= 15 is 0 Å². The molecule has 1 saturated heterocycles. The van der Waals surface area contributed by atoms with Crippen LogP contribution in [0, 0.1) is 0 Å². The molecule has 0 atom stereocenters. The first-order valence-electron chi connectivity index (χ1n) is 13.5. The number of likely N-dealkylation sites (tertiary alicyclic amines) is 1. The molecule has 4 aromatic heterocycles. The number of piperidine rings is 1. The van der Waals surface area contributed by atoms with Gasteiger partial charge in [0.25, 0.3) is 0 Å². The molecule has 0 saturated carbocycles. The van der Waals surface area contributed by atoms with Gasteiger partial charge in [0.2, 0.25) is 0 Å². The summed E-state index contributed by atoms with van der Waals surface area (Å²) >= 11 is 0. The number of aliphatic carboxylic acids is 2. The van der Waals surface area contributed by atoms with E-state index in [4.69, 9.17) is 29.8 Å². The highest BCUT2D eigenvalue weighted by Crippen LogP contribution is 2.34. The van der Waals surface area contributed by atoms with Crippen molar-refractivity contribution in [1.82, 2.24) is 39.0 Å². The maximum Gasteiger partial charge on any atom is 0.490 e. The fraction of sp³-hybridized carbons (Fsp3) is 0.481. The molecule has 5 rings (SSSR count). The van der Waals surface area contributed by atoms with Crippen LogP contribution in [-0.2, 0) is 30.2 Å². The molecular weight excluding hydrogens is 614 g/mol. The zero-order valence-corrected chi connectivity index (χ0v) is 24.7. The zero-order chi connectivity index (χ0) is 33.7. The van der Waals surface area contributed by atoms with Gasteiger partial charge in [-0.1, -0.05) is 0 Å². The average Bonchev–Trinajstić information content (AvgIpc) is 3.68. The van der Waals surface area contributed by atoms with Gasteiger partial charge in [-0.3, -0.25) is 14.3 Å². The smallest absolute Gasteiger partial charge is 0.475 e. The van der Waals surface area contributed by atoms with E-state index in [1.54, 1.807) is 0 Å². The monoisotopic (exact) mass is 646 g/mol. The van der Waals surface area contributed by atoms with E-state index in [0.717, 1.165) is 54.8 Å². The molecule has 18 heteroatoms.